The fourth-order valence-electron chi connectivity index (χ4n) is 3.48. The third-order valence-electron chi connectivity index (χ3n) is 5.00. The van der Waals surface area contributed by atoms with Gasteiger partial charge in [0.1, 0.15) is 0 Å². The van der Waals surface area contributed by atoms with Crippen LogP contribution in [0.5, 0.6) is 0 Å². The van der Waals surface area contributed by atoms with Gasteiger partial charge in [-0.15, -0.1) is 0 Å². The molecular formula is C25H22BrNO. The molecule has 4 aromatic rings. The second-order valence-corrected chi connectivity index (χ2v) is 7.89. The topological polar surface area (TPSA) is 32.3 Å². The second kappa shape index (κ2) is 8.59. The highest BCUT2D eigenvalue weighted by Crippen LogP contribution is 2.31. The van der Waals surface area contributed by atoms with Crippen molar-refractivity contribution in [3.05, 3.63) is 113 Å². The maximum absolute atomic E-state index is 11.0. The Kier molecular flexibility index (Phi) is 5.75. The lowest BCUT2D eigenvalue weighted by Crippen LogP contribution is -2.15. The van der Waals surface area contributed by atoms with Crippen LogP contribution in [0.4, 0.5) is 5.69 Å². The summed E-state index contributed by atoms with van der Waals surface area (Å²) < 4.78 is 1.05. The van der Waals surface area contributed by atoms with Gasteiger partial charge in [-0.3, -0.25) is 0 Å². The number of fused-ring (bicyclic) bond motifs is 1. The molecule has 0 aliphatic rings. The third-order valence-corrected chi connectivity index (χ3v) is 5.53. The van der Waals surface area contributed by atoms with Crippen molar-refractivity contribution in [1.82, 2.24) is 0 Å². The molecule has 2 N–H and O–H groups in total. The van der Waals surface area contributed by atoms with E-state index in [1.54, 1.807) is 0 Å². The molecular weight excluding hydrogens is 410 g/mol. The number of anilines is 1. The predicted molar refractivity (Wildman–Crippen MR) is 120 cm³/mol. The van der Waals surface area contributed by atoms with Crippen LogP contribution in [0.25, 0.3) is 10.8 Å². The quantitative estimate of drug-likeness (QED) is 0.348. The Labute approximate surface area is 174 Å². The normalized spacial score (nSPS) is 13.2. The van der Waals surface area contributed by atoms with Crippen molar-refractivity contribution >= 4 is 32.4 Å². The zero-order valence-electron chi connectivity index (χ0n) is 15.4. The molecule has 0 aromatic heterocycles. The highest BCUT2D eigenvalue weighted by atomic mass is 79.9. The van der Waals surface area contributed by atoms with E-state index in [0.717, 1.165) is 26.7 Å². The zero-order valence-corrected chi connectivity index (χ0v) is 17.0. The fourth-order valence-corrected chi connectivity index (χ4v) is 3.75. The molecule has 0 radical (unpaired) electrons. The summed E-state index contributed by atoms with van der Waals surface area (Å²) in [6, 6.07) is 32.8. The molecule has 2 unspecified atom stereocenters. The fraction of sp³-hybridized carbons (Fsp3) is 0.120. The minimum Gasteiger partial charge on any atom is -0.388 e. The van der Waals surface area contributed by atoms with Gasteiger partial charge < -0.3 is 10.4 Å². The van der Waals surface area contributed by atoms with Crippen molar-refractivity contribution in [2.75, 3.05) is 5.32 Å². The molecule has 4 aromatic carbocycles. The van der Waals surface area contributed by atoms with Crippen molar-refractivity contribution in [3.63, 3.8) is 0 Å². The summed E-state index contributed by atoms with van der Waals surface area (Å²) in [7, 11) is 0. The molecule has 0 bridgehead atoms. The van der Waals surface area contributed by atoms with Gasteiger partial charge >= 0.3 is 0 Å². The Hall–Kier alpha value is -2.62. The Balaban J connectivity index is 1.60. The Morgan fingerprint density at radius 1 is 0.714 bits per heavy atom. The molecule has 0 heterocycles. The number of nitrogens with one attached hydrogen (secondary N) is 1. The summed E-state index contributed by atoms with van der Waals surface area (Å²) in [5.74, 6) is 0. The summed E-state index contributed by atoms with van der Waals surface area (Å²) in [5.41, 5.74) is 3.13. The van der Waals surface area contributed by atoms with Gasteiger partial charge in [0.25, 0.3) is 0 Å². The lowest BCUT2D eigenvalue weighted by Gasteiger charge is -2.24. The smallest absolute Gasteiger partial charge is 0.0813 e. The van der Waals surface area contributed by atoms with Crippen LogP contribution >= 0.6 is 15.9 Å². The number of hydrogen-bond donors (Lipinski definition) is 2. The first kappa shape index (κ1) is 18.7. The van der Waals surface area contributed by atoms with E-state index in [9.17, 15) is 5.11 Å². The molecule has 2 nitrogen and oxygen atoms in total. The van der Waals surface area contributed by atoms with Gasteiger partial charge in [-0.2, -0.15) is 0 Å². The maximum atomic E-state index is 11.0. The summed E-state index contributed by atoms with van der Waals surface area (Å²) in [5, 5.41) is 16.9. The molecule has 4 rings (SSSR count). The monoisotopic (exact) mass is 431 g/mol. The highest BCUT2D eigenvalue weighted by molar-refractivity contribution is 9.10. The molecule has 2 atom stereocenters. The Morgan fingerprint density at radius 2 is 1.36 bits per heavy atom. The molecule has 0 saturated heterocycles. The third kappa shape index (κ3) is 4.44. The molecule has 0 aliphatic carbocycles. The van der Waals surface area contributed by atoms with Crippen LogP contribution in [0.1, 0.15) is 29.7 Å². The molecule has 28 heavy (non-hydrogen) atoms. The minimum absolute atomic E-state index is 0.00281. The number of hydrogen-bond acceptors (Lipinski definition) is 2. The van der Waals surface area contributed by atoms with Gasteiger partial charge in [0.05, 0.1) is 12.1 Å². The van der Waals surface area contributed by atoms with Crippen LogP contribution in [0.15, 0.2) is 102 Å². The van der Waals surface area contributed by atoms with E-state index in [1.165, 1.54) is 5.39 Å². The van der Waals surface area contributed by atoms with E-state index in [1.807, 2.05) is 60.7 Å². The number of rotatable bonds is 6. The summed E-state index contributed by atoms with van der Waals surface area (Å²) >= 11 is 3.50. The Bertz CT molecular complexity index is 1050. The molecule has 0 fully saturated rings. The average Bonchev–Trinajstić information content (AvgIpc) is 2.74. The van der Waals surface area contributed by atoms with Crippen LogP contribution in [0, 0.1) is 0 Å². The zero-order chi connectivity index (χ0) is 19.3. The van der Waals surface area contributed by atoms with Crippen LogP contribution in [-0.4, -0.2) is 5.11 Å². The second-order valence-electron chi connectivity index (χ2n) is 6.97. The molecule has 0 spiro atoms. The van der Waals surface area contributed by atoms with Crippen molar-refractivity contribution in [2.24, 2.45) is 0 Å². The first-order valence-electron chi connectivity index (χ1n) is 9.43. The van der Waals surface area contributed by atoms with Crippen LogP contribution in [-0.2, 0) is 0 Å². The standard InChI is InChI=1S/C25H22BrNO/c26-22-14-12-19(13-15-22)24(27-23-8-2-1-3-9-23)17-25(28)21-11-10-18-6-4-5-7-20(18)16-21/h1-16,24-25,27-28H,17H2. The SMILES string of the molecule is OC(CC(Nc1ccccc1)c1ccc(Br)cc1)c1ccc2ccccc2c1. The summed E-state index contributed by atoms with van der Waals surface area (Å²) in [4.78, 5) is 0. The average molecular weight is 432 g/mol. The molecule has 0 aliphatic heterocycles. The molecule has 3 heteroatoms. The van der Waals surface area contributed by atoms with Gasteiger partial charge in [0.15, 0.2) is 0 Å². The molecule has 0 saturated carbocycles. The van der Waals surface area contributed by atoms with Crippen molar-refractivity contribution < 1.29 is 5.11 Å². The van der Waals surface area contributed by atoms with Crippen molar-refractivity contribution in [2.45, 2.75) is 18.6 Å². The minimum atomic E-state index is -0.561. The predicted octanol–water partition coefficient (Wildman–Crippen LogP) is 6.88. The van der Waals surface area contributed by atoms with Crippen LogP contribution in [0.2, 0.25) is 0 Å². The van der Waals surface area contributed by atoms with Gasteiger partial charge in [-0.25, -0.2) is 0 Å². The first-order valence-corrected chi connectivity index (χ1v) is 10.2. The summed E-state index contributed by atoms with van der Waals surface area (Å²) in [6.07, 6.45) is 0.0176. The van der Waals surface area contributed by atoms with Crippen molar-refractivity contribution in [1.29, 1.82) is 0 Å². The van der Waals surface area contributed by atoms with E-state index in [0.29, 0.717) is 6.42 Å². The summed E-state index contributed by atoms with van der Waals surface area (Å²) in [6.45, 7) is 0. The van der Waals surface area contributed by atoms with Gasteiger partial charge in [0, 0.05) is 16.6 Å². The lowest BCUT2D eigenvalue weighted by molar-refractivity contribution is 0.161. The van der Waals surface area contributed by atoms with Gasteiger partial charge in [-0.05, 0) is 52.2 Å². The van der Waals surface area contributed by atoms with E-state index in [2.05, 4.69) is 57.6 Å². The van der Waals surface area contributed by atoms with Crippen LogP contribution < -0.4 is 5.32 Å². The number of para-hydroxylation sites is 1. The maximum Gasteiger partial charge on any atom is 0.0813 e. The Morgan fingerprint density at radius 3 is 2.11 bits per heavy atom. The number of benzene rings is 4. The highest BCUT2D eigenvalue weighted by Gasteiger charge is 2.18. The lowest BCUT2D eigenvalue weighted by atomic mass is 9.95. The van der Waals surface area contributed by atoms with Crippen LogP contribution in [0.3, 0.4) is 0 Å². The number of aliphatic hydroxyl groups is 1. The number of halogens is 1. The van der Waals surface area contributed by atoms with Crippen molar-refractivity contribution in [3.8, 4) is 0 Å². The van der Waals surface area contributed by atoms with Gasteiger partial charge in [0.2, 0.25) is 0 Å². The van der Waals surface area contributed by atoms with E-state index >= 15 is 0 Å². The largest absolute Gasteiger partial charge is 0.388 e. The van der Waals surface area contributed by atoms with E-state index in [-0.39, 0.29) is 6.04 Å². The first-order chi connectivity index (χ1) is 13.7. The molecule has 0 amide bonds. The number of aliphatic hydroxyl groups excluding tert-OH is 1. The van der Waals surface area contributed by atoms with E-state index in [4.69, 9.17) is 0 Å². The van der Waals surface area contributed by atoms with Gasteiger partial charge in [-0.1, -0.05) is 82.7 Å². The molecule has 140 valence electrons. The van der Waals surface area contributed by atoms with E-state index < -0.39 is 6.10 Å².